The third-order valence-electron chi connectivity index (χ3n) is 4.10. The minimum atomic E-state index is 0.672. The molecule has 2 aromatic heterocycles. The maximum Gasteiger partial charge on any atom is 0.100 e. The molecule has 0 fully saturated rings. The third-order valence-corrected chi connectivity index (χ3v) is 4.10. The highest BCUT2D eigenvalue weighted by Gasteiger charge is 2.08. The van der Waals surface area contributed by atoms with Gasteiger partial charge in [0.15, 0.2) is 0 Å². The lowest BCUT2D eigenvalue weighted by molar-refractivity contribution is 1.12. The summed E-state index contributed by atoms with van der Waals surface area (Å²) >= 11 is 0. The first-order valence-corrected chi connectivity index (χ1v) is 7.95. The summed E-state index contributed by atoms with van der Waals surface area (Å²) < 4.78 is 0. The summed E-state index contributed by atoms with van der Waals surface area (Å²) in [6.45, 7) is 0.694. The lowest BCUT2D eigenvalue weighted by atomic mass is 10.1. The van der Waals surface area contributed by atoms with E-state index in [-0.39, 0.29) is 0 Å². The number of H-pyrrole nitrogens is 1. The van der Waals surface area contributed by atoms with Crippen LogP contribution in [0.25, 0.3) is 22.2 Å². The molecular weight excluding hydrogens is 310 g/mol. The van der Waals surface area contributed by atoms with Crippen LogP contribution in [0.4, 0.5) is 5.69 Å². The average molecular weight is 325 g/mol. The molecule has 5 nitrogen and oxygen atoms in total. The zero-order valence-corrected chi connectivity index (χ0v) is 13.4. The van der Waals surface area contributed by atoms with E-state index in [9.17, 15) is 0 Å². The second-order valence-corrected chi connectivity index (χ2v) is 5.73. The number of hydrogen-bond donors (Lipinski definition) is 2. The maximum absolute atomic E-state index is 8.86. The van der Waals surface area contributed by atoms with Crippen LogP contribution in [-0.4, -0.2) is 15.2 Å². The van der Waals surface area contributed by atoms with Crippen molar-refractivity contribution in [2.75, 3.05) is 5.32 Å². The summed E-state index contributed by atoms with van der Waals surface area (Å²) in [5.41, 5.74) is 5.76. The van der Waals surface area contributed by atoms with E-state index in [1.54, 1.807) is 12.4 Å². The van der Waals surface area contributed by atoms with Gasteiger partial charge in [0.2, 0.25) is 0 Å². The summed E-state index contributed by atoms with van der Waals surface area (Å²) in [7, 11) is 0. The van der Waals surface area contributed by atoms with Crippen molar-refractivity contribution in [1.29, 1.82) is 5.26 Å². The molecule has 5 heteroatoms. The zero-order valence-electron chi connectivity index (χ0n) is 13.4. The van der Waals surface area contributed by atoms with E-state index in [2.05, 4.69) is 32.6 Å². The van der Waals surface area contributed by atoms with Crippen molar-refractivity contribution in [3.05, 3.63) is 78.1 Å². The average Bonchev–Trinajstić information content (AvgIpc) is 3.10. The van der Waals surface area contributed by atoms with E-state index in [0.717, 1.165) is 33.4 Å². The van der Waals surface area contributed by atoms with Crippen LogP contribution in [0.2, 0.25) is 0 Å². The van der Waals surface area contributed by atoms with E-state index in [4.69, 9.17) is 5.26 Å². The number of fused-ring (bicyclic) bond motifs is 1. The summed E-state index contributed by atoms with van der Waals surface area (Å²) in [5, 5.41) is 20.9. The van der Waals surface area contributed by atoms with Gasteiger partial charge in [-0.05, 0) is 48.0 Å². The number of pyridine rings is 1. The standard InChI is InChI=1S/C20H15N5/c21-12-14-1-3-15(4-2-14)13-23-17-5-6-19-18(11-17)20(25-24-19)16-7-9-22-10-8-16/h1-11,23H,13H2,(H,24,25). The quantitative estimate of drug-likeness (QED) is 0.592. The zero-order chi connectivity index (χ0) is 17.1. The van der Waals surface area contributed by atoms with Crippen LogP contribution < -0.4 is 5.32 Å². The monoisotopic (exact) mass is 325 g/mol. The molecule has 0 aliphatic heterocycles. The number of hydrogen-bond acceptors (Lipinski definition) is 4. The number of nitriles is 1. The fraction of sp³-hybridized carbons (Fsp3) is 0.0500. The van der Waals surface area contributed by atoms with E-state index in [1.807, 2.05) is 48.5 Å². The van der Waals surface area contributed by atoms with Crippen LogP contribution in [-0.2, 0) is 6.54 Å². The van der Waals surface area contributed by atoms with E-state index in [0.29, 0.717) is 12.1 Å². The number of rotatable bonds is 4. The largest absolute Gasteiger partial charge is 0.381 e. The molecule has 120 valence electrons. The van der Waals surface area contributed by atoms with Gasteiger partial charge in [-0.15, -0.1) is 0 Å². The van der Waals surface area contributed by atoms with Crippen molar-refractivity contribution in [2.45, 2.75) is 6.54 Å². The molecule has 4 aromatic rings. The van der Waals surface area contributed by atoms with Crippen LogP contribution in [0.3, 0.4) is 0 Å². The number of anilines is 1. The normalized spacial score (nSPS) is 10.5. The molecule has 0 amide bonds. The molecule has 25 heavy (non-hydrogen) atoms. The fourth-order valence-corrected chi connectivity index (χ4v) is 2.76. The van der Waals surface area contributed by atoms with Gasteiger partial charge >= 0.3 is 0 Å². The SMILES string of the molecule is N#Cc1ccc(CNc2ccc3[nH]nc(-c4ccncc4)c3c2)cc1. The first kappa shape index (κ1) is 14.9. The minimum absolute atomic E-state index is 0.672. The molecule has 2 aromatic carbocycles. The van der Waals surface area contributed by atoms with Crippen molar-refractivity contribution in [2.24, 2.45) is 0 Å². The van der Waals surface area contributed by atoms with Crippen LogP contribution in [0.5, 0.6) is 0 Å². The molecule has 2 heterocycles. The molecule has 4 rings (SSSR count). The maximum atomic E-state index is 8.86. The van der Waals surface area contributed by atoms with Crippen molar-refractivity contribution in [3.63, 3.8) is 0 Å². The molecular formula is C20H15N5. The Morgan fingerprint density at radius 2 is 1.80 bits per heavy atom. The van der Waals surface area contributed by atoms with Crippen LogP contribution >= 0.6 is 0 Å². The number of aromatic nitrogens is 3. The second kappa shape index (κ2) is 6.46. The molecule has 0 saturated heterocycles. The molecule has 0 unspecified atom stereocenters. The highest BCUT2D eigenvalue weighted by molar-refractivity contribution is 5.94. The molecule has 0 aliphatic rings. The Labute approximate surface area is 145 Å². The van der Waals surface area contributed by atoms with Gasteiger partial charge in [0.05, 0.1) is 17.1 Å². The molecule has 0 bridgehead atoms. The first-order valence-electron chi connectivity index (χ1n) is 7.95. The highest BCUT2D eigenvalue weighted by atomic mass is 15.1. The summed E-state index contributed by atoms with van der Waals surface area (Å²) in [4.78, 5) is 4.06. The number of nitrogens with one attached hydrogen (secondary N) is 2. The molecule has 0 saturated carbocycles. The van der Waals surface area contributed by atoms with Gasteiger partial charge in [-0.25, -0.2) is 0 Å². The Balaban J connectivity index is 1.59. The fourth-order valence-electron chi connectivity index (χ4n) is 2.76. The van der Waals surface area contributed by atoms with Gasteiger partial charge in [0.1, 0.15) is 5.69 Å². The Kier molecular flexibility index (Phi) is 3.85. The Bertz CT molecular complexity index is 1040. The van der Waals surface area contributed by atoms with Crippen LogP contribution in [0.1, 0.15) is 11.1 Å². The number of aromatic amines is 1. The van der Waals surface area contributed by atoms with Gasteiger partial charge in [0, 0.05) is 35.6 Å². The van der Waals surface area contributed by atoms with Crippen molar-refractivity contribution >= 4 is 16.6 Å². The van der Waals surface area contributed by atoms with E-state index in [1.165, 1.54) is 0 Å². The second-order valence-electron chi connectivity index (χ2n) is 5.73. The van der Waals surface area contributed by atoms with Crippen molar-refractivity contribution < 1.29 is 0 Å². The third kappa shape index (κ3) is 3.06. The molecule has 0 radical (unpaired) electrons. The van der Waals surface area contributed by atoms with Gasteiger partial charge < -0.3 is 5.32 Å². The topological polar surface area (TPSA) is 77.4 Å². The van der Waals surface area contributed by atoms with Gasteiger partial charge in [-0.1, -0.05) is 12.1 Å². The minimum Gasteiger partial charge on any atom is -0.381 e. The Hall–Kier alpha value is -3.65. The Morgan fingerprint density at radius 1 is 1.00 bits per heavy atom. The Morgan fingerprint density at radius 3 is 2.56 bits per heavy atom. The summed E-state index contributed by atoms with van der Waals surface area (Å²) in [6, 6.07) is 19.8. The summed E-state index contributed by atoms with van der Waals surface area (Å²) in [6.07, 6.45) is 3.53. The lowest BCUT2D eigenvalue weighted by Crippen LogP contribution is -1.99. The van der Waals surface area contributed by atoms with Gasteiger partial charge in [0.25, 0.3) is 0 Å². The molecule has 0 aliphatic carbocycles. The highest BCUT2D eigenvalue weighted by Crippen LogP contribution is 2.28. The van der Waals surface area contributed by atoms with Crippen molar-refractivity contribution in [3.8, 4) is 17.3 Å². The number of nitrogens with zero attached hydrogens (tertiary/aromatic N) is 3. The van der Waals surface area contributed by atoms with Crippen LogP contribution in [0.15, 0.2) is 67.0 Å². The predicted octanol–water partition coefficient (Wildman–Crippen LogP) is 4.11. The molecule has 0 atom stereocenters. The molecule has 2 N–H and O–H groups in total. The lowest BCUT2D eigenvalue weighted by Gasteiger charge is -2.07. The smallest absolute Gasteiger partial charge is 0.100 e. The van der Waals surface area contributed by atoms with Crippen molar-refractivity contribution in [1.82, 2.24) is 15.2 Å². The predicted molar refractivity (Wildman–Crippen MR) is 97.8 cm³/mol. The first-order chi connectivity index (χ1) is 12.3. The number of benzene rings is 2. The van der Waals surface area contributed by atoms with Crippen LogP contribution in [0, 0.1) is 11.3 Å². The summed E-state index contributed by atoms with van der Waals surface area (Å²) in [5.74, 6) is 0. The van der Waals surface area contributed by atoms with Gasteiger partial charge in [-0.3, -0.25) is 10.1 Å². The van der Waals surface area contributed by atoms with E-state index < -0.39 is 0 Å². The van der Waals surface area contributed by atoms with Gasteiger partial charge in [-0.2, -0.15) is 10.4 Å². The molecule has 0 spiro atoms. The van der Waals surface area contributed by atoms with E-state index >= 15 is 0 Å².